The maximum Gasteiger partial charge on any atom is 0.296 e. The zero-order valence-electron chi connectivity index (χ0n) is 27.6. The van der Waals surface area contributed by atoms with Gasteiger partial charge >= 0.3 is 0 Å². The van der Waals surface area contributed by atoms with Crippen LogP contribution in [-0.2, 0) is 16.7 Å². The normalized spacial score (nSPS) is 13.3. The van der Waals surface area contributed by atoms with Gasteiger partial charge < -0.3 is 15.7 Å². The van der Waals surface area contributed by atoms with Crippen LogP contribution < -0.4 is 10.6 Å². The van der Waals surface area contributed by atoms with Gasteiger partial charge in [0.05, 0.1) is 33.6 Å². The minimum atomic E-state index is -4.90. The molecule has 0 aromatic heterocycles. The van der Waals surface area contributed by atoms with Crippen molar-refractivity contribution in [1.82, 2.24) is 4.90 Å². The van der Waals surface area contributed by atoms with E-state index < -0.39 is 38.3 Å². The number of anilines is 2. The van der Waals surface area contributed by atoms with Crippen molar-refractivity contribution < 1.29 is 27.7 Å². The Balaban J connectivity index is 1.32. The van der Waals surface area contributed by atoms with Gasteiger partial charge in [-0.15, -0.1) is 10.2 Å². The standard InChI is InChI=1S/C36H33N7O6S/c1-5-43(26-13-6-20(2)7-14-26)19-22-8-10-24(11-9-22)38-40-32-21(3)16-23-17-29(50(47,48)49)33(34(44)30(23)31(32)37)41-39-25-12-15-27-28(18-25)36(46)42(4)35(27)45/h6-18,44H,5,19,37H2,1-4H3,(H,47,48,49). The summed E-state index contributed by atoms with van der Waals surface area (Å²) in [6.07, 6.45) is 0. The number of aryl methyl sites for hydroxylation is 2. The van der Waals surface area contributed by atoms with Crippen LogP contribution in [0.4, 0.5) is 34.1 Å². The molecule has 5 aromatic carbocycles. The highest BCUT2D eigenvalue weighted by Crippen LogP contribution is 2.47. The summed E-state index contributed by atoms with van der Waals surface area (Å²) in [6.45, 7) is 7.40. The van der Waals surface area contributed by atoms with E-state index in [1.165, 1.54) is 30.8 Å². The predicted octanol–water partition coefficient (Wildman–Crippen LogP) is 8.07. The first-order chi connectivity index (χ1) is 23.8. The molecule has 0 spiro atoms. The van der Waals surface area contributed by atoms with E-state index in [1.807, 2.05) is 24.3 Å². The maximum absolute atomic E-state index is 12.4. The molecule has 6 rings (SSSR count). The van der Waals surface area contributed by atoms with Gasteiger partial charge in [-0.3, -0.25) is 19.0 Å². The van der Waals surface area contributed by atoms with E-state index in [2.05, 4.69) is 63.5 Å². The molecule has 254 valence electrons. The van der Waals surface area contributed by atoms with Crippen LogP contribution in [-0.4, -0.2) is 48.4 Å². The molecule has 1 aliphatic rings. The number of rotatable bonds is 9. The Labute approximate surface area is 288 Å². The van der Waals surface area contributed by atoms with Crippen LogP contribution in [0.2, 0.25) is 0 Å². The molecule has 1 heterocycles. The molecular weight excluding hydrogens is 659 g/mol. The average molecular weight is 692 g/mol. The van der Waals surface area contributed by atoms with Crippen molar-refractivity contribution in [2.75, 3.05) is 24.2 Å². The van der Waals surface area contributed by atoms with Crippen molar-refractivity contribution in [2.24, 2.45) is 20.5 Å². The lowest BCUT2D eigenvalue weighted by atomic mass is 10.0. The molecule has 0 fully saturated rings. The molecule has 2 amide bonds. The topological polar surface area (TPSA) is 191 Å². The molecule has 5 aromatic rings. The second-order valence-corrected chi connectivity index (χ2v) is 13.3. The molecular formula is C36H33N7O6S. The van der Waals surface area contributed by atoms with Crippen LogP contribution in [0.15, 0.2) is 104 Å². The third kappa shape index (κ3) is 6.41. The summed E-state index contributed by atoms with van der Waals surface area (Å²) >= 11 is 0. The second-order valence-electron chi connectivity index (χ2n) is 11.9. The van der Waals surface area contributed by atoms with Crippen LogP contribution in [0.25, 0.3) is 10.8 Å². The van der Waals surface area contributed by atoms with Gasteiger partial charge in [-0.2, -0.15) is 18.6 Å². The smallest absolute Gasteiger partial charge is 0.296 e. The molecule has 0 saturated heterocycles. The van der Waals surface area contributed by atoms with Gasteiger partial charge in [0.15, 0.2) is 5.75 Å². The Bertz CT molecular complexity index is 2360. The summed E-state index contributed by atoms with van der Waals surface area (Å²) in [5, 5.41) is 28.2. The Morgan fingerprint density at radius 2 is 1.42 bits per heavy atom. The van der Waals surface area contributed by atoms with Gasteiger partial charge in [0.1, 0.15) is 16.3 Å². The Hall–Kier alpha value is -5.99. The SMILES string of the molecule is CCN(Cc1ccc(N=Nc2c(C)cc3cc(S(=O)(=O)O)c(N=Nc4ccc5c(c4)C(=O)N(C)C5=O)c(O)c3c2N)cc1)c1ccc(C)cc1. The van der Waals surface area contributed by atoms with Crippen molar-refractivity contribution in [1.29, 1.82) is 0 Å². The third-order valence-electron chi connectivity index (χ3n) is 8.51. The number of hydrogen-bond donors (Lipinski definition) is 3. The number of carbonyl (C=O) groups is 2. The number of benzene rings is 5. The molecule has 0 unspecified atom stereocenters. The Kier molecular flexibility index (Phi) is 8.91. The van der Waals surface area contributed by atoms with Gasteiger partial charge in [0, 0.05) is 25.8 Å². The summed E-state index contributed by atoms with van der Waals surface area (Å²) < 4.78 is 34.8. The largest absolute Gasteiger partial charge is 0.505 e. The second kappa shape index (κ2) is 13.1. The lowest BCUT2D eigenvalue weighted by molar-refractivity contribution is 0.0693. The van der Waals surface area contributed by atoms with Crippen molar-refractivity contribution in [2.45, 2.75) is 32.2 Å². The van der Waals surface area contributed by atoms with Gasteiger partial charge in [-0.1, -0.05) is 29.8 Å². The number of aromatic hydroxyl groups is 1. The Morgan fingerprint density at radius 3 is 2.08 bits per heavy atom. The highest BCUT2D eigenvalue weighted by atomic mass is 32.2. The average Bonchev–Trinajstić information content (AvgIpc) is 3.30. The number of hydrogen-bond acceptors (Lipinski definition) is 11. The fourth-order valence-electron chi connectivity index (χ4n) is 5.77. The maximum atomic E-state index is 12.4. The number of nitrogen functional groups attached to an aromatic ring is 1. The Morgan fingerprint density at radius 1 is 0.800 bits per heavy atom. The van der Waals surface area contributed by atoms with E-state index in [1.54, 1.807) is 13.0 Å². The van der Waals surface area contributed by atoms with Crippen LogP contribution >= 0.6 is 0 Å². The first-order valence-electron chi connectivity index (χ1n) is 15.5. The number of azo groups is 2. The van der Waals surface area contributed by atoms with E-state index in [0.717, 1.165) is 28.8 Å². The molecule has 0 saturated carbocycles. The van der Waals surface area contributed by atoms with E-state index >= 15 is 0 Å². The first kappa shape index (κ1) is 33.9. The molecule has 13 nitrogen and oxygen atoms in total. The van der Waals surface area contributed by atoms with Crippen molar-refractivity contribution in [3.63, 3.8) is 0 Å². The van der Waals surface area contributed by atoms with Gasteiger partial charge in [0.25, 0.3) is 21.9 Å². The highest BCUT2D eigenvalue weighted by molar-refractivity contribution is 7.86. The summed E-state index contributed by atoms with van der Waals surface area (Å²) in [4.78, 5) is 27.2. The summed E-state index contributed by atoms with van der Waals surface area (Å²) in [5.41, 5.74) is 11.0. The number of imide groups is 1. The van der Waals surface area contributed by atoms with Crippen LogP contribution in [0.3, 0.4) is 0 Å². The van der Waals surface area contributed by atoms with Crippen LogP contribution in [0, 0.1) is 13.8 Å². The van der Waals surface area contributed by atoms with Crippen molar-refractivity contribution in [3.05, 3.63) is 107 Å². The number of carbonyl (C=O) groups excluding carboxylic acids is 2. The highest BCUT2D eigenvalue weighted by Gasteiger charge is 2.33. The zero-order chi connectivity index (χ0) is 35.9. The summed E-state index contributed by atoms with van der Waals surface area (Å²) in [7, 11) is -3.55. The van der Waals surface area contributed by atoms with E-state index in [4.69, 9.17) is 5.73 Å². The minimum Gasteiger partial charge on any atom is -0.505 e. The monoisotopic (exact) mass is 691 g/mol. The third-order valence-corrected chi connectivity index (χ3v) is 9.38. The molecule has 4 N–H and O–H groups in total. The molecule has 0 aliphatic carbocycles. The fourth-order valence-corrected chi connectivity index (χ4v) is 6.42. The first-order valence-corrected chi connectivity index (χ1v) is 17.0. The van der Waals surface area contributed by atoms with Crippen LogP contribution in [0.1, 0.15) is 44.3 Å². The van der Waals surface area contributed by atoms with Gasteiger partial charge in [-0.05, 0) is 91.9 Å². The molecule has 14 heteroatoms. The lowest BCUT2D eigenvalue weighted by Gasteiger charge is -2.23. The number of amides is 2. The quantitative estimate of drug-likeness (QED) is 0.0598. The van der Waals surface area contributed by atoms with E-state index in [0.29, 0.717) is 17.8 Å². The number of nitrogens with zero attached hydrogens (tertiary/aromatic N) is 6. The van der Waals surface area contributed by atoms with E-state index in [-0.39, 0.29) is 39.0 Å². The molecule has 0 bridgehead atoms. The minimum absolute atomic E-state index is 0.00225. The van der Waals surface area contributed by atoms with Crippen molar-refractivity contribution >= 4 is 66.8 Å². The van der Waals surface area contributed by atoms with Gasteiger partial charge in [-0.25, -0.2) is 0 Å². The number of fused-ring (bicyclic) bond motifs is 2. The number of phenols is 1. The van der Waals surface area contributed by atoms with Gasteiger partial charge in [0.2, 0.25) is 0 Å². The zero-order valence-corrected chi connectivity index (χ0v) is 28.4. The summed E-state index contributed by atoms with van der Waals surface area (Å²) in [5.74, 6) is -1.67. The fraction of sp³-hybridized carbons (Fsp3) is 0.167. The van der Waals surface area contributed by atoms with Crippen molar-refractivity contribution in [3.8, 4) is 5.75 Å². The summed E-state index contributed by atoms with van der Waals surface area (Å²) in [6, 6.07) is 22.8. The predicted molar refractivity (Wildman–Crippen MR) is 190 cm³/mol. The lowest BCUT2D eigenvalue weighted by Crippen LogP contribution is -2.24. The molecule has 0 radical (unpaired) electrons. The van der Waals surface area contributed by atoms with E-state index in [9.17, 15) is 27.7 Å². The molecule has 50 heavy (non-hydrogen) atoms. The van der Waals surface area contributed by atoms with Crippen LogP contribution in [0.5, 0.6) is 5.75 Å². The molecule has 0 atom stereocenters. The number of nitrogens with two attached hydrogens (primary N) is 1. The molecule has 1 aliphatic heterocycles. The number of phenolic OH excluding ortho intramolecular Hbond substituents is 1.